The van der Waals surface area contributed by atoms with E-state index in [0.29, 0.717) is 12.3 Å². The Balaban J connectivity index is 1.98. The largest absolute Gasteiger partial charge is 0.246 e. The molecule has 1 heterocycles. The summed E-state index contributed by atoms with van der Waals surface area (Å²) >= 11 is 1.71. The van der Waals surface area contributed by atoms with Crippen LogP contribution >= 0.6 is 11.3 Å². The molecule has 1 fully saturated rings. The number of nitriles is 1. The minimum Gasteiger partial charge on any atom is -0.246 e. The van der Waals surface area contributed by atoms with Crippen LogP contribution in [0.2, 0.25) is 0 Å². The molecule has 14 heavy (non-hydrogen) atoms. The van der Waals surface area contributed by atoms with Gasteiger partial charge in [-0.25, -0.2) is 4.98 Å². The van der Waals surface area contributed by atoms with Crippen molar-refractivity contribution in [2.75, 3.05) is 0 Å². The van der Waals surface area contributed by atoms with Crippen LogP contribution in [0.5, 0.6) is 0 Å². The third-order valence-electron chi connectivity index (χ3n) is 2.79. The molecule has 0 unspecified atom stereocenters. The smallest absolute Gasteiger partial charge is 0.0938 e. The summed E-state index contributed by atoms with van der Waals surface area (Å²) in [6, 6.07) is 2.16. The highest BCUT2D eigenvalue weighted by molar-refractivity contribution is 7.09. The molecule has 1 aromatic heterocycles. The molecule has 0 radical (unpaired) electrons. The summed E-state index contributed by atoms with van der Waals surface area (Å²) in [4.78, 5) is 4.60. The van der Waals surface area contributed by atoms with Crippen molar-refractivity contribution in [3.8, 4) is 6.07 Å². The van der Waals surface area contributed by atoms with E-state index in [1.807, 2.05) is 0 Å². The van der Waals surface area contributed by atoms with E-state index < -0.39 is 0 Å². The van der Waals surface area contributed by atoms with Crippen molar-refractivity contribution in [2.45, 2.75) is 44.4 Å². The summed E-state index contributed by atoms with van der Waals surface area (Å²) in [5, 5.41) is 11.8. The minimum absolute atomic E-state index is 0.595. The van der Waals surface area contributed by atoms with Gasteiger partial charge in [-0.3, -0.25) is 0 Å². The Hall–Kier alpha value is -0.880. The predicted molar refractivity (Wildman–Crippen MR) is 57.3 cm³/mol. The first-order valence-corrected chi connectivity index (χ1v) is 6.09. The highest BCUT2D eigenvalue weighted by atomic mass is 32.1. The zero-order chi connectivity index (χ0) is 9.80. The van der Waals surface area contributed by atoms with Crippen LogP contribution in [0.15, 0.2) is 5.38 Å². The van der Waals surface area contributed by atoms with Gasteiger partial charge in [0.2, 0.25) is 0 Å². The Kier molecular flexibility index (Phi) is 3.15. The van der Waals surface area contributed by atoms with Crippen LogP contribution in [0.25, 0.3) is 0 Å². The van der Waals surface area contributed by atoms with Crippen LogP contribution in [-0.4, -0.2) is 4.98 Å². The molecule has 0 atom stereocenters. The Morgan fingerprint density at radius 3 is 3.00 bits per heavy atom. The highest BCUT2D eigenvalue weighted by Crippen LogP contribution is 2.34. The molecular weight excluding hydrogens is 192 g/mol. The second kappa shape index (κ2) is 4.56. The third kappa shape index (κ3) is 2.13. The molecule has 2 rings (SSSR count). The molecule has 1 saturated carbocycles. The zero-order valence-electron chi connectivity index (χ0n) is 8.20. The molecule has 0 aliphatic heterocycles. The molecule has 74 valence electrons. The Morgan fingerprint density at radius 2 is 2.29 bits per heavy atom. The second-order valence-corrected chi connectivity index (χ2v) is 4.75. The fraction of sp³-hybridized carbons (Fsp3) is 0.636. The molecule has 1 aromatic rings. The Morgan fingerprint density at radius 1 is 1.50 bits per heavy atom. The van der Waals surface area contributed by atoms with E-state index in [1.54, 1.807) is 11.3 Å². The van der Waals surface area contributed by atoms with E-state index in [2.05, 4.69) is 16.4 Å². The van der Waals surface area contributed by atoms with E-state index >= 15 is 0 Å². The molecule has 0 saturated heterocycles. The van der Waals surface area contributed by atoms with Gasteiger partial charge in [0.25, 0.3) is 0 Å². The summed E-state index contributed by atoms with van der Waals surface area (Å²) in [5.74, 6) is 0.710. The van der Waals surface area contributed by atoms with Gasteiger partial charge in [0.05, 0.1) is 16.8 Å². The van der Waals surface area contributed by atoms with Gasteiger partial charge in [-0.05, 0) is 12.8 Å². The lowest BCUT2D eigenvalue weighted by Crippen LogP contribution is -1.93. The van der Waals surface area contributed by atoms with Gasteiger partial charge in [-0.15, -0.1) is 11.3 Å². The average molecular weight is 206 g/mol. The lowest BCUT2D eigenvalue weighted by molar-refractivity contribution is 0.698. The van der Waals surface area contributed by atoms with E-state index in [4.69, 9.17) is 5.26 Å². The summed E-state index contributed by atoms with van der Waals surface area (Å²) in [6.45, 7) is 0. The monoisotopic (exact) mass is 206 g/mol. The molecule has 0 bridgehead atoms. The van der Waals surface area contributed by atoms with E-state index in [9.17, 15) is 0 Å². The quantitative estimate of drug-likeness (QED) is 0.761. The Bertz CT molecular complexity index is 331. The van der Waals surface area contributed by atoms with Crippen LogP contribution in [0.1, 0.15) is 48.7 Å². The van der Waals surface area contributed by atoms with Crippen molar-refractivity contribution in [3.63, 3.8) is 0 Å². The fourth-order valence-corrected chi connectivity index (χ4v) is 2.89. The third-order valence-corrected chi connectivity index (χ3v) is 3.72. The van der Waals surface area contributed by atoms with Gasteiger partial charge < -0.3 is 0 Å². The molecule has 1 aliphatic carbocycles. The molecule has 0 spiro atoms. The lowest BCUT2D eigenvalue weighted by atomic mass is 10.1. The fourth-order valence-electron chi connectivity index (χ4n) is 2.01. The van der Waals surface area contributed by atoms with Crippen LogP contribution in [0.4, 0.5) is 0 Å². The van der Waals surface area contributed by atoms with Gasteiger partial charge in [-0.2, -0.15) is 5.26 Å². The molecule has 0 N–H and O–H groups in total. The second-order valence-electron chi connectivity index (χ2n) is 3.81. The molecule has 2 nitrogen and oxygen atoms in total. The lowest BCUT2D eigenvalue weighted by Gasteiger charge is -2.02. The molecule has 0 amide bonds. The first kappa shape index (κ1) is 9.67. The van der Waals surface area contributed by atoms with Crippen LogP contribution in [0, 0.1) is 11.3 Å². The maximum absolute atomic E-state index is 8.47. The van der Waals surface area contributed by atoms with Crippen molar-refractivity contribution in [1.29, 1.82) is 5.26 Å². The van der Waals surface area contributed by atoms with Gasteiger partial charge >= 0.3 is 0 Å². The summed E-state index contributed by atoms with van der Waals surface area (Å²) in [5.41, 5.74) is 1.28. The molecule has 1 aliphatic rings. The molecular formula is C11H14N2S. The topological polar surface area (TPSA) is 36.7 Å². The molecule has 0 aromatic carbocycles. The average Bonchev–Trinajstić information content (AvgIpc) is 2.85. The maximum atomic E-state index is 8.47. The normalized spacial score (nSPS) is 17.1. The number of aryl methyl sites for hydroxylation is 1. The SMILES string of the molecule is N#CCCc1nc(C2CCCC2)cs1. The predicted octanol–water partition coefficient (Wildman–Crippen LogP) is 3.26. The number of rotatable bonds is 3. The van der Waals surface area contributed by atoms with E-state index in [1.165, 1.54) is 31.4 Å². The summed E-state index contributed by atoms with van der Waals surface area (Å²) in [6.07, 6.45) is 6.75. The van der Waals surface area contributed by atoms with Crippen molar-refractivity contribution < 1.29 is 0 Å². The van der Waals surface area contributed by atoms with Crippen molar-refractivity contribution in [2.24, 2.45) is 0 Å². The van der Waals surface area contributed by atoms with Crippen LogP contribution in [-0.2, 0) is 6.42 Å². The Labute approximate surface area is 88.6 Å². The van der Waals surface area contributed by atoms with Crippen molar-refractivity contribution in [1.82, 2.24) is 4.98 Å². The van der Waals surface area contributed by atoms with Crippen LogP contribution in [0.3, 0.4) is 0 Å². The van der Waals surface area contributed by atoms with Crippen LogP contribution < -0.4 is 0 Å². The number of hydrogen-bond acceptors (Lipinski definition) is 3. The van der Waals surface area contributed by atoms with E-state index in [-0.39, 0.29) is 0 Å². The van der Waals surface area contributed by atoms with Crippen molar-refractivity contribution >= 4 is 11.3 Å². The van der Waals surface area contributed by atoms with Gasteiger partial charge in [0, 0.05) is 24.1 Å². The summed E-state index contributed by atoms with van der Waals surface area (Å²) in [7, 11) is 0. The number of nitrogens with zero attached hydrogens (tertiary/aromatic N) is 2. The van der Waals surface area contributed by atoms with Crippen molar-refractivity contribution in [3.05, 3.63) is 16.1 Å². The first-order valence-electron chi connectivity index (χ1n) is 5.21. The minimum atomic E-state index is 0.595. The standard InChI is InChI=1S/C11H14N2S/c12-7-3-6-11-13-10(8-14-11)9-4-1-2-5-9/h8-9H,1-6H2. The molecule has 3 heteroatoms. The number of thiazole rings is 1. The zero-order valence-corrected chi connectivity index (χ0v) is 9.02. The van der Waals surface area contributed by atoms with Gasteiger partial charge in [0.15, 0.2) is 0 Å². The summed E-state index contributed by atoms with van der Waals surface area (Å²) < 4.78 is 0. The maximum Gasteiger partial charge on any atom is 0.0938 e. The van der Waals surface area contributed by atoms with Gasteiger partial charge in [-0.1, -0.05) is 12.8 Å². The number of hydrogen-bond donors (Lipinski definition) is 0. The van der Waals surface area contributed by atoms with Gasteiger partial charge in [0.1, 0.15) is 0 Å². The van der Waals surface area contributed by atoms with E-state index in [0.717, 1.165) is 11.4 Å². The first-order chi connectivity index (χ1) is 6.90. The number of aromatic nitrogens is 1. The highest BCUT2D eigenvalue weighted by Gasteiger charge is 2.19.